The number of hydrogen-bond acceptors (Lipinski definition) is 5. The summed E-state index contributed by atoms with van der Waals surface area (Å²) in [5.74, 6) is 0.926. The summed E-state index contributed by atoms with van der Waals surface area (Å²) in [4.78, 5) is 5.65. The van der Waals surface area contributed by atoms with Crippen LogP contribution in [0.1, 0.15) is 25.2 Å². The predicted octanol–water partition coefficient (Wildman–Crippen LogP) is 4.12. The molecule has 0 radical (unpaired) electrons. The summed E-state index contributed by atoms with van der Waals surface area (Å²) >= 11 is 6.76. The molecule has 6 heteroatoms. The van der Waals surface area contributed by atoms with Crippen molar-refractivity contribution in [2.24, 2.45) is 0 Å². The zero-order valence-corrected chi connectivity index (χ0v) is 14.2. The summed E-state index contributed by atoms with van der Waals surface area (Å²) in [6.07, 6.45) is 0.891. The van der Waals surface area contributed by atoms with E-state index >= 15 is 0 Å². The second-order valence-electron chi connectivity index (χ2n) is 3.97. The maximum absolute atomic E-state index is 4.47. The minimum absolute atomic E-state index is 0.890. The van der Waals surface area contributed by atoms with Gasteiger partial charge in [0.2, 0.25) is 0 Å². The molecule has 0 atom stereocenters. The highest BCUT2D eigenvalue weighted by molar-refractivity contribution is 9.10. The highest BCUT2D eigenvalue weighted by atomic mass is 79.9. The molecule has 0 amide bonds. The number of aryl methyl sites for hydroxylation is 1. The largest absolute Gasteiger partial charge is 0.313 e. The van der Waals surface area contributed by atoms with Crippen molar-refractivity contribution in [1.82, 2.24) is 14.7 Å². The predicted molar refractivity (Wildman–Crippen MR) is 84.9 cm³/mol. The monoisotopic (exact) mass is 357 g/mol. The average Bonchev–Trinajstić information content (AvgIpc) is 2.85. The molecule has 0 aliphatic rings. The van der Waals surface area contributed by atoms with E-state index in [1.54, 1.807) is 11.8 Å². The molecule has 0 saturated carbocycles. The van der Waals surface area contributed by atoms with E-state index < -0.39 is 0 Å². The molecule has 102 valence electrons. The Kier molecular flexibility index (Phi) is 5.81. The number of nitrogens with one attached hydrogen (secondary N) is 1. The third-order valence-electron chi connectivity index (χ3n) is 2.56. The van der Waals surface area contributed by atoms with Gasteiger partial charge in [-0.1, -0.05) is 47.6 Å². The van der Waals surface area contributed by atoms with Gasteiger partial charge in [0.25, 0.3) is 0 Å². The molecule has 0 saturated heterocycles. The fourth-order valence-corrected chi connectivity index (χ4v) is 3.90. The standard InChI is InChI=1S/C13H16BrN3S2/c1-3-12-16-13(19-17-12)18-10-6-5-9(8-15-4-2)11(14)7-10/h5-7,15H,3-4,8H2,1-2H3. The molecule has 0 bridgehead atoms. The molecule has 19 heavy (non-hydrogen) atoms. The van der Waals surface area contributed by atoms with Crippen molar-refractivity contribution >= 4 is 39.2 Å². The van der Waals surface area contributed by atoms with Crippen LogP contribution in [0.4, 0.5) is 0 Å². The molecule has 1 heterocycles. The SMILES string of the molecule is CCNCc1ccc(Sc2nc(CC)ns2)cc1Br. The van der Waals surface area contributed by atoms with Crippen LogP contribution in [0, 0.1) is 0 Å². The molecule has 2 rings (SSSR count). The van der Waals surface area contributed by atoms with Crippen LogP contribution in [0.5, 0.6) is 0 Å². The van der Waals surface area contributed by atoms with E-state index in [2.05, 4.69) is 62.7 Å². The van der Waals surface area contributed by atoms with E-state index in [0.717, 1.165) is 34.1 Å². The molecule has 0 aliphatic carbocycles. The van der Waals surface area contributed by atoms with Gasteiger partial charge in [0.05, 0.1) is 0 Å². The Hall–Kier alpha value is -0.430. The molecule has 0 aliphatic heterocycles. The van der Waals surface area contributed by atoms with E-state index in [-0.39, 0.29) is 0 Å². The molecule has 2 aromatic rings. The van der Waals surface area contributed by atoms with Crippen LogP contribution in [-0.2, 0) is 13.0 Å². The van der Waals surface area contributed by atoms with Gasteiger partial charge in [0.1, 0.15) is 5.82 Å². The van der Waals surface area contributed by atoms with Gasteiger partial charge in [0.15, 0.2) is 4.34 Å². The smallest absolute Gasteiger partial charge is 0.174 e. The van der Waals surface area contributed by atoms with E-state index in [0.29, 0.717) is 0 Å². The number of benzene rings is 1. The summed E-state index contributed by atoms with van der Waals surface area (Å²) in [5, 5.41) is 3.33. The topological polar surface area (TPSA) is 37.8 Å². The van der Waals surface area contributed by atoms with Crippen molar-refractivity contribution in [3.05, 3.63) is 34.1 Å². The first-order valence-electron chi connectivity index (χ1n) is 6.22. The van der Waals surface area contributed by atoms with Gasteiger partial charge in [0, 0.05) is 22.3 Å². The van der Waals surface area contributed by atoms with Gasteiger partial charge < -0.3 is 5.32 Å². The van der Waals surface area contributed by atoms with E-state index in [9.17, 15) is 0 Å². The molecule has 0 fully saturated rings. The van der Waals surface area contributed by atoms with Crippen LogP contribution in [-0.4, -0.2) is 15.9 Å². The fourth-order valence-electron chi connectivity index (χ4n) is 1.52. The third kappa shape index (κ3) is 4.27. The molecule has 3 nitrogen and oxygen atoms in total. The second-order valence-corrected chi connectivity index (χ2v) is 6.89. The lowest BCUT2D eigenvalue weighted by Gasteiger charge is -2.06. The van der Waals surface area contributed by atoms with Gasteiger partial charge in [-0.2, -0.15) is 4.37 Å². The summed E-state index contributed by atoms with van der Waals surface area (Å²) < 4.78 is 6.44. The van der Waals surface area contributed by atoms with E-state index in [1.807, 2.05) is 0 Å². The van der Waals surface area contributed by atoms with Crippen LogP contribution in [0.3, 0.4) is 0 Å². The Morgan fingerprint density at radius 1 is 1.37 bits per heavy atom. The highest BCUT2D eigenvalue weighted by Gasteiger charge is 2.06. The van der Waals surface area contributed by atoms with Crippen molar-refractivity contribution in [3.63, 3.8) is 0 Å². The molecule has 1 aromatic heterocycles. The molecule has 0 spiro atoms. The minimum Gasteiger partial charge on any atom is -0.313 e. The average molecular weight is 358 g/mol. The van der Waals surface area contributed by atoms with Gasteiger partial charge in [-0.15, -0.1) is 0 Å². The number of halogens is 1. The zero-order chi connectivity index (χ0) is 13.7. The molecular formula is C13H16BrN3S2. The van der Waals surface area contributed by atoms with Crippen molar-refractivity contribution in [3.8, 4) is 0 Å². The van der Waals surface area contributed by atoms with Crippen molar-refractivity contribution in [2.45, 2.75) is 36.0 Å². The number of rotatable bonds is 6. The third-order valence-corrected chi connectivity index (χ3v) is 5.08. The Balaban J connectivity index is 2.06. The quantitative estimate of drug-likeness (QED) is 0.843. The molecule has 1 aromatic carbocycles. The minimum atomic E-state index is 0.890. The van der Waals surface area contributed by atoms with Crippen LogP contribution in [0.15, 0.2) is 31.9 Å². The number of aromatic nitrogens is 2. The molecule has 1 N–H and O–H groups in total. The van der Waals surface area contributed by atoms with Gasteiger partial charge in [-0.3, -0.25) is 0 Å². The van der Waals surface area contributed by atoms with Gasteiger partial charge in [-0.05, 0) is 35.8 Å². The van der Waals surface area contributed by atoms with E-state index in [4.69, 9.17) is 0 Å². The number of nitrogens with zero attached hydrogens (tertiary/aromatic N) is 2. The Morgan fingerprint density at radius 2 is 2.21 bits per heavy atom. The van der Waals surface area contributed by atoms with Gasteiger partial charge >= 0.3 is 0 Å². The van der Waals surface area contributed by atoms with Crippen molar-refractivity contribution < 1.29 is 0 Å². The summed E-state index contributed by atoms with van der Waals surface area (Å²) in [6.45, 7) is 6.05. The van der Waals surface area contributed by atoms with Crippen LogP contribution in [0.25, 0.3) is 0 Å². The van der Waals surface area contributed by atoms with E-state index in [1.165, 1.54) is 22.0 Å². The normalized spacial score (nSPS) is 10.9. The first kappa shape index (κ1) is 15.0. The second kappa shape index (κ2) is 7.38. The maximum atomic E-state index is 4.47. The number of hydrogen-bond donors (Lipinski definition) is 1. The van der Waals surface area contributed by atoms with Crippen LogP contribution < -0.4 is 5.32 Å². The first-order valence-corrected chi connectivity index (χ1v) is 8.60. The summed E-state index contributed by atoms with van der Waals surface area (Å²) in [6, 6.07) is 6.43. The van der Waals surface area contributed by atoms with Crippen molar-refractivity contribution in [2.75, 3.05) is 6.54 Å². The molecule has 0 unspecified atom stereocenters. The Morgan fingerprint density at radius 3 is 2.84 bits per heavy atom. The molecular weight excluding hydrogens is 342 g/mol. The Bertz CT molecular complexity index is 542. The first-order chi connectivity index (χ1) is 9.22. The lowest BCUT2D eigenvalue weighted by atomic mass is 10.2. The van der Waals surface area contributed by atoms with Crippen LogP contribution in [0.2, 0.25) is 0 Å². The highest BCUT2D eigenvalue weighted by Crippen LogP contribution is 2.32. The van der Waals surface area contributed by atoms with Gasteiger partial charge in [-0.25, -0.2) is 4.98 Å². The zero-order valence-electron chi connectivity index (χ0n) is 10.9. The summed E-state index contributed by atoms with van der Waals surface area (Å²) in [5.41, 5.74) is 1.28. The lowest BCUT2D eigenvalue weighted by Crippen LogP contribution is -2.11. The lowest BCUT2D eigenvalue weighted by molar-refractivity contribution is 0.724. The van der Waals surface area contributed by atoms with Crippen molar-refractivity contribution in [1.29, 1.82) is 0 Å². The Labute approximate surface area is 130 Å². The summed E-state index contributed by atoms with van der Waals surface area (Å²) in [7, 11) is 0. The maximum Gasteiger partial charge on any atom is 0.174 e. The fraction of sp³-hybridized carbons (Fsp3) is 0.385. The van der Waals surface area contributed by atoms with Crippen LogP contribution >= 0.6 is 39.2 Å².